The molecule has 0 saturated heterocycles. The SMILES string of the molecule is CNC(=O)Nc1ccccc1C(=O)Nc1ccc(Cl)cc1. The van der Waals surface area contributed by atoms with Crippen LogP contribution in [0.1, 0.15) is 10.4 Å². The van der Waals surface area contributed by atoms with E-state index in [1.807, 2.05) is 0 Å². The molecule has 0 saturated carbocycles. The molecule has 0 heterocycles. The topological polar surface area (TPSA) is 70.2 Å². The summed E-state index contributed by atoms with van der Waals surface area (Å²) in [6.45, 7) is 0. The van der Waals surface area contributed by atoms with E-state index in [-0.39, 0.29) is 11.9 Å². The summed E-state index contributed by atoms with van der Waals surface area (Å²) < 4.78 is 0. The van der Waals surface area contributed by atoms with Gasteiger partial charge in [0.15, 0.2) is 0 Å². The summed E-state index contributed by atoms with van der Waals surface area (Å²) in [6.07, 6.45) is 0. The highest BCUT2D eigenvalue weighted by Gasteiger charge is 2.12. The van der Waals surface area contributed by atoms with Gasteiger partial charge in [0.05, 0.1) is 11.3 Å². The van der Waals surface area contributed by atoms with Crippen LogP contribution in [-0.4, -0.2) is 19.0 Å². The van der Waals surface area contributed by atoms with Crippen LogP contribution in [0.3, 0.4) is 0 Å². The zero-order valence-corrected chi connectivity index (χ0v) is 12.1. The lowest BCUT2D eigenvalue weighted by molar-refractivity contribution is 0.102. The molecule has 21 heavy (non-hydrogen) atoms. The van der Waals surface area contributed by atoms with Gasteiger partial charge >= 0.3 is 6.03 Å². The van der Waals surface area contributed by atoms with Crippen LogP contribution in [-0.2, 0) is 0 Å². The predicted molar refractivity (Wildman–Crippen MR) is 83.9 cm³/mol. The molecule has 2 aromatic carbocycles. The Bertz CT molecular complexity index is 656. The number of benzene rings is 2. The Hall–Kier alpha value is -2.53. The lowest BCUT2D eigenvalue weighted by atomic mass is 10.1. The van der Waals surface area contributed by atoms with Crippen molar-refractivity contribution in [3.8, 4) is 0 Å². The molecule has 2 rings (SSSR count). The molecule has 2 aromatic rings. The molecule has 108 valence electrons. The molecule has 3 N–H and O–H groups in total. The first-order valence-corrected chi connectivity index (χ1v) is 6.62. The molecular formula is C15H14ClN3O2. The molecule has 0 radical (unpaired) electrons. The Balaban J connectivity index is 2.18. The van der Waals surface area contributed by atoms with Crippen molar-refractivity contribution in [2.45, 2.75) is 0 Å². The minimum Gasteiger partial charge on any atom is -0.341 e. The lowest BCUT2D eigenvalue weighted by Gasteiger charge is -2.11. The Kier molecular flexibility index (Phi) is 4.79. The zero-order chi connectivity index (χ0) is 15.2. The number of rotatable bonds is 3. The van der Waals surface area contributed by atoms with Gasteiger partial charge in [-0.2, -0.15) is 0 Å². The van der Waals surface area contributed by atoms with E-state index in [1.54, 1.807) is 48.5 Å². The fraction of sp³-hybridized carbons (Fsp3) is 0.0667. The summed E-state index contributed by atoms with van der Waals surface area (Å²) in [4.78, 5) is 23.7. The molecule has 0 bridgehead atoms. The van der Waals surface area contributed by atoms with E-state index in [2.05, 4.69) is 16.0 Å². The van der Waals surface area contributed by atoms with E-state index >= 15 is 0 Å². The number of hydrogen-bond acceptors (Lipinski definition) is 2. The molecule has 0 aromatic heterocycles. The summed E-state index contributed by atoms with van der Waals surface area (Å²) in [5.74, 6) is -0.315. The van der Waals surface area contributed by atoms with E-state index in [0.717, 1.165) is 0 Å². The molecule has 0 fully saturated rings. The second-order valence-corrected chi connectivity index (χ2v) is 4.65. The number of para-hydroxylation sites is 1. The van der Waals surface area contributed by atoms with E-state index in [1.165, 1.54) is 7.05 Å². The summed E-state index contributed by atoms with van der Waals surface area (Å²) in [5.41, 5.74) is 1.43. The van der Waals surface area contributed by atoms with E-state index in [9.17, 15) is 9.59 Å². The monoisotopic (exact) mass is 303 g/mol. The largest absolute Gasteiger partial charge is 0.341 e. The summed E-state index contributed by atoms with van der Waals surface area (Å²) in [5, 5.41) is 8.38. The van der Waals surface area contributed by atoms with Crippen molar-refractivity contribution in [2.24, 2.45) is 0 Å². The third-order valence-electron chi connectivity index (χ3n) is 2.75. The fourth-order valence-corrected chi connectivity index (χ4v) is 1.83. The van der Waals surface area contributed by atoms with Crippen molar-refractivity contribution in [1.29, 1.82) is 0 Å². The molecule has 5 nitrogen and oxygen atoms in total. The number of carbonyl (C=O) groups excluding carboxylic acids is 2. The molecule has 0 atom stereocenters. The highest BCUT2D eigenvalue weighted by Crippen LogP contribution is 2.18. The van der Waals surface area contributed by atoms with Crippen LogP contribution in [0.5, 0.6) is 0 Å². The normalized spacial score (nSPS) is 9.81. The Labute approximate surface area is 127 Å². The van der Waals surface area contributed by atoms with Gasteiger partial charge in [-0.3, -0.25) is 4.79 Å². The summed E-state index contributed by atoms with van der Waals surface area (Å²) >= 11 is 5.80. The van der Waals surface area contributed by atoms with Gasteiger partial charge in [-0.05, 0) is 36.4 Å². The Morgan fingerprint density at radius 1 is 0.952 bits per heavy atom. The van der Waals surface area contributed by atoms with Gasteiger partial charge in [-0.25, -0.2) is 4.79 Å². The quantitative estimate of drug-likeness (QED) is 0.814. The van der Waals surface area contributed by atoms with E-state index in [0.29, 0.717) is 22.0 Å². The number of nitrogens with one attached hydrogen (secondary N) is 3. The number of urea groups is 1. The number of hydrogen-bond donors (Lipinski definition) is 3. The van der Waals surface area contributed by atoms with Crippen molar-refractivity contribution in [3.63, 3.8) is 0 Å². The third-order valence-corrected chi connectivity index (χ3v) is 3.00. The highest BCUT2D eigenvalue weighted by atomic mass is 35.5. The van der Waals surface area contributed by atoms with Gasteiger partial charge < -0.3 is 16.0 Å². The highest BCUT2D eigenvalue weighted by molar-refractivity contribution is 6.30. The number of anilines is 2. The molecule has 0 aliphatic carbocycles. The second-order valence-electron chi connectivity index (χ2n) is 4.21. The molecule has 0 aliphatic rings. The molecule has 0 spiro atoms. The van der Waals surface area contributed by atoms with Crippen molar-refractivity contribution >= 4 is 34.9 Å². The van der Waals surface area contributed by atoms with Gasteiger partial charge in [0.1, 0.15) is 0 Å². The third kappa shape index (κ3) is 3.97. The predicted octanol–water partition coefficient (Wildman–Crippen LogP) is 3.34. The van der Waals surface area contributed by atoms with E-state index in [4.69, 9.17) is 11.6 Å². The number of amides is 3. The summed E-state index contributed by atoms with van der Waals surface area (Å²) in [7, 11) is 1.51. The van der Waals surface area contributed by atoms with Gasteiger partial charge in [-0.1, -0.05) is 23.7 Å². The molecule has 3 amide bonds. The van der Waals surface area contributed by atoms with E-state index < -0.39 is 0 Å². The standard InChI is InChI=1S/C15H14ClN3O2/c1-17-15(21)19-13-5-3-2-4-12(13)14(20)18-11-8-6-10(16)7-9-11/h2-9H,1H3,(H,18,20)(H2,17,19,21). The first-order chi connectivity index (χ1) is 10.1. The number of carbonyl (C=O) groups is 2. The molecular weight excluding hydrogens is 290 g/mol. The average molecular weight is 304 g/mol. The van der Waals surface area contributed by atoms with Crippen LogP contribution in [0.15, 0.2) is 48.5 Å². The van der Waals surface area contributed by atoms with Crippen LogP contribution in [0.2, 0.25) is 5.02 Å². The first-order valence-electron chi connectivity index (χ1n) is 6.25. The van der Waals surface area contributed by atoms with Crippen LogP contribution in [0.4, 0.5) is 16.2 Å². The minimum atomic E-state index is -0.387. The maximum atomic E-state index is 12.3. The van der Waals surface area contributed by atoms with Crippen LogP contribution in [0.25, 0.3) is 0 Å². The van der Waals surface area contributed by atoms with Gasteiger partial charge in [0, 0.05) is 17.8 Å². The first kappa shape index (κ1) is 14.9. The van der Waals surface area contributed by atoms with Crippen molar-refractivity contribution in [2.75, 3.05) is 17.7 Å². The lowest BCUT2D eigenvalue weighted by Crippen LogP contribution is -2.26. The average Bonchev–Trinajstić information content (AvgIpc) is 2.50. The van der Waals surface area contributed by atoms with Crippen molar-refractivity contribution < 1.29 is 9.59 Å². The van der Waals surface area contributed by atoms with Crippen molar-refractivity contribution in [3.05, 3.63) is 59.1 Å². The molecule has 6 heteroatoms. The Morgan fingerprint density at radius 2 is 1.62 bits per heavy atom. The van der Waals surface area contributed by atoms with Gasteiger partial charge in [-0.15, -0.1) is 0 Å². The van der Waals surface area contributed by atoms with Crippen LogP contribution >= 0.6 is 11.6 Å². The summed E-state index contributed by atoms with van der Waals surface area (Å²) in [6, 6.07) is 13.2. The van der Waals surface area contributed by atoms with Gasteiger partial charge in [0.2, 0.25) is 0 Å². The zero-order valence-electron chi connectivity index (χ0n) is 11.3. The molecule has 0 aliphatic heterocycles. The Morgan fingerprint density at radius 3 is 2.29 bits per heavy atom. The fourth-order valence-electron chi connectivity index (χ4n) is 1.71. The van der Waals surface area contributed by atoms with Crippen LogP contribution < -0.4 is 16.0 Å². The maximum Gasteiger partial charge on any atom is 0.318 e. The number of halogens is 1. The van der Waals surface area contributed by atoms with Crippen molar-refractivity contribution in [1.82, 2.24) is 5.32 Å². The second kappa shape index (κ2) is 6.76. The van der Waals surface area contributed by atoms with Crippen LogP contribution in [0, 0.1) is 0 Å². The maximum absolute atomic E-state index is 12.3. The van der Waals surface area contributed by atoms with Gasteiger partial charge in [0.25, 0.3) is 5.91 Å². The molecule has 0 unspecified atom stereocenters. The minimum absolute atomic E-state index is 0.315. The smallest absolute Gasteiger partial charge is 0.318 e.